The van der Waals surface area contributed by atoms with Gasteiger partial charge < -0.3 is 9.72 Å². The molecule has 4 rings (SSSR count). The zero-order valence-corrected chi connectivity index (χ0v) is 16.7. The van der Waals surface area contributed by atoms with Crippen molar-refractivity contribution in [2.24, 2.45) is 5.92 Å². The van der Waals surface area contributed by atoms with E-state index in [4.69, 9.17) is 4.74 Å². The third kappa shape index (κ3) is 4.28. The van der Waals surface area contributed by atoms with Gasteiger partial charge in [0.05, 0.1) is 11.9 Å². The lowest BCUT2D eigenvalue weighted by Crippen LogP contribution is -2.19. The molecule has 4 nitrogen and oxygen atoms in total. The van der Waals surface area contributed by atoms with E-state index in [0.717, 1.165) is 55.1 Å². The monoisotopic (exact) mass is 397 g/mol. The van der Waals surface area contributed by atoms with Crippen LogP contribution in [0.1, 0.15) is 36.4 Å². The summed E-state index contributed by atoms with van der Waals surface area (Å²) in [5.74, 6) is 0.534. The number of ether oxygens (including phenoxy) is 1. The zero-order chi connectivity index (χ0) is 19.3. The van der Waals surface area contributed by atoms with E-state index >= 15 is 0 Å². The average Bonchev–Trinajstić information content (AvgIpc) is 3.23. The third-order valence-corrected chi connectivity index (χ3v) is 6.18. The Morgan fingerprint density at radius 3 is 2.79 bits per heavy atom. The summed E-state index contributed by atoms with van der Waals surface area (Å²) >= 11 is 1.43. The maximum absolute atomic E-state index is 14.5. The molecule has 1 aliphatic rings. The lowest BCUT2D eigenvalue weighted by molar-refractivity contribution is 0.0626. The van der Waals surface area contributed by atoms with Crippen molar-refractivity contribution in [3.63, 3.8) is 0 Å². The van der Waals surface area contributed by atoms with Gasteiger partial charge >= 0.3 is 0 Å². The highest BCUT2D eigenvalue weighted by Crippen LogP contribution is 2.36. The van der Waals surface area contributed by atoms with Crippen LogP contribution in [0.4, 0.5) is 4.39 Å². The predicted octanol–water partition coefficient (Wildman–Crippen LogP) is 5.28. The van der Waals surface area contributed by atoms with Crippen LogP contribution in [0.15, 0.2) is 53.8 Å². The highest BCUT2D eigenvalue weighted by atomic mass is 32.2. The largest absolute Gasteiger partial charge is 0.381 e. The van der Waals surface area contributed by atoms with E-state index < -0.39 is 0 Å². The van der Waals surface area contributed by atoms with Crippen molar-refractivity contribution in [3.8, 4) is 11.4 Å². The Balaban J connectivity index is 1.66. The minimum atomic E-state index is -0.150. The Bertz CT molecular complexity index is 909. The fourth-order valence-electron chi connectivity index (χ4n) is 3.86. The van der Waals surface area contributed by atoms with Crippen LogP contribution in [0.25, 0.3) is 11.4 Å². The molecule has 1 fully saturated rings. The summed E-state index contributed by atoms with van der Waals surface area (Å²) in [6.45, 7) is 1.62. The number of halogens is 1. The third-order valence-electron chi connectivity index (χ3n) is 5.41. The fourth-order valence-corrected chi connectivity index (χ4v) is 4.32. The molecule has 1 unspecified atom stereocenters. The molecule has 6 heteroatoms. The minimum Gasteiger partial charge on any atom is -0.381 e. The van der Waals surface area contributed by atoms with Crippen LogP contribution in [0, 0.1) is 11.7 Å². The van der Waals surface area contributed by atoms with Crippen molar-refractivity contribution in [2.75, 3.05) is 19.5 Å². The van der Waals surface area contributed by atoms with Crippen molar-refractivity contribution >= 4 is 11.8 Å². The average molecular weight is 398 g/mol. The zero-order valence-electron chi connectivity index (χ0n) is 15.9. The standard InChI is InChI=1S/C22H24FN3OS/c1-28-22-5-2-16(13-18(22)23)17(12-15-6-10-27-11-7-15)19-3-4-20(26-19)21-14-24-8-9-25-21/h2-5,8-9,13-15,17,26H,6-7,10-12H2,1H3. The number of nitrogens with zero attached hydrogens (tertiary/aromatic N) is 2. The summed E-state index contributed by atoms with van der Waals surface area (Å²) < 4.78 is 20.0. The molecule has 0 aliphatic carbocycles. The number of hydrogen-bond donors (Lipinski definition) is 1. The molecular weight excluding hydrogens is 373 g/mol. The molecule has 1 aliphatic heterocycles. The Labute approximate surface area is 169 Å². The van der Waals surface area contributed by atoms with Crippen molar-refractivity contribution in [1.29, 1.82) is 0 Å². The highest BCUT2D eigenvalue weighted by molar-refractivity contribution is 7.98. The topological polar surface area (TPSA) is 50.8 Å². The normalized spacial score (nSPS) is 16.2. The summed E-state index contributed by atoms with van der Waals surface area (Å²) in [6.07, 6.45) is 10.1. The number of rotatable bonds is 6. The van der Waals surface area contributed by atoms with Gasteiger partial charge in [-0.25, -0.2) is 4.39 Å². The first-order chi connectivity index (χ1) is 13.7. The van der Waals surface area contributed by atoms with Crippen LogP contribution in [-0.2, 0) is 4.74 Å². The Hall–Kier alpha value is -2.18. The molecule has 0 spiro atoms. The smallest absolute Gasteiger partial charge is 0.137 e. The van der Waals surface area contributed by atoms with E-state index in [1.165, 1.54) is 11.8 Å². The van der Waals surface area contributed by atoms with Crippen LogP contribution in [0.2, 0.25) is 0 Å². The first-order valence-electron chi connectivity index (χ1n) is 9.61. The van der Waals surface area contributed by atoms with Gasteiger partial charge in [0.25, 0.3) is 0 Å². The molecule has 0 bridgehead atoms. The van der Waals surface area contributed by atoms with Gasteiger partial charge in [-0.1, -0.05) is 6.07 Å². The highest BCUT2D eigenvalue weighted by Gasteiger charge is 2.24. The lowest BCUT2D eigenvalue weighted by Gasteiger charge is -2.27. The van der Waals surface area contributed by atoms with Crippen molar-refractivity contribution < 1.29 is 9.13 Å². The van der Waals surface area contributed by atoms with Gasteiger partial charge in [0.1, 0.15) is 11.5 Å². The van der Waals surface area contributed by atoms with Crippen LogP contribution in [0.5, 0.6) is 0 Å². The molecule has 0 saturated carbocycles. The first-order valence-corrected chi connectivity index (χ1v) is 10.8. The first kappa shape index (κ1) is 19.2. The van der Waals surface area contributed by atoms with E-state index in [-0.39, 0.29) is 11.7 Å². The molecule has 1 saturated heterocycles. The van der Waals surface area contributed by atoms with E-state index in [2.05, 4.69) is 27.1 Å². The second-order valence-corrected chi connectivity index (χ2v) is 8.00. The second-order valence-electron chi connectivity index (χ2n) is 7.16. The number of aromatic nitrogens is 3. The van der Waals surface area contributed by atoms with Gasteiger partial charge in [-0.05, 0) is 61.3 Å². The molecule has 1 aromatic carbocycles. The molecule has 0 amide bonds. The predicted molar refractivity (Wildman–Crippen MR) is 110 cm³/mol. The van der Waals surface area contributed by atoms with Gasteiger partial charge in [-0.2, -0.15) is 0 Å². The number of H-pyrrole nitrogens is 1. The van der Waals surface area contributed by atoms with Crippen LogP contribution in [0.3, 0.4) is 0 Å². The van der Waals surface area contributed by atoms with E-state index in [0.29, 0.717) is 10.8 Å². The van der Waals surface area contributed by atoms with Gasteiger partial charge in [0.2, 0.25) is 0 Å². The molecule has 0 radical (unpaired) electrons. The van der Waals surface area contributed by atoms with Gasteiger partial charge in [-0.15, -0.1) is 11.8 Å². The number of nitrogens with one attached hydrogen (secondary N) is 1. The Morgan fingerprint density at radius 1 is 1.21 bits per heavy atom. The number of thioether (sulfide) groups is 1. The van der Waals surface area contributed by atoms with Gasteiger partial charge in [0, 0.05) is 42.1 Å². The van der Waals surface area contributed by atoms with Crippen molar-refractivity contribution in [1.82, 2.24) is 15.0 Å². The Kier molecular flexibility index (Phi) is 6.07. The molecule has 28 heavy (non-hydrogen) atoms. The quantitative estimate of drug-likeness (QED) is 0.575. The summed E-state index contributed by atoms with van der Waals surface area (Å²) in [7, 11) is 0. The summed E-state index contributed by atoms with van der Waals surface area (Å²) in [5, 5.41) is 0. The van der Waals surface area contributed by atoms with Gasteiger partial charge in [-0.3, -0.25) is 9.97 Å². The lowest BCUT2D eigenvalue weighted by atomic mass is 9.83. The molecule has 1 atom stereocenters. The van der Waals surface area contributed by atoms with Crippen LogP contribution < -0.4 is 0 Å². The van der Waals surface area contributed by atoms with E-state index in [1.807, 2.05) is 18.4 Å². The fraction of sp³-hybridized carbons (Fsp3) is 0.364. The second kappa shape index (κ2) is 8.88. The van der Waals surface area contributed by atoms with Crippen molar-refractivity contribution in [3.05, 3.63) is 66.0 Å². The van der Waals surface area contributed by atoms with E-state index in [9.17, 15) is 4.39 Å². The SMILES string of the molecule is CSc1ccc(C(CC2CCOCC2)c2ccc(-c3cnccn3)[nH]2)cc1F. The molecule has 2 aromatic heterocycles. The summed E-state index contributed by atoms with van der Waals surface area (Å²) in [4.78, 5) is 12.7. The molecule has 1 N–H and O–H groups in total. The van der Waals surface area contributed by atoms with Gasteiger partial charge in [0.15, 0.2) is 0 Å². The van der Waals surface area contributed by atoms with Crippen LogP contribution in [-0.4, -0.2) is 34.4 Å². The maximum Gasteiger partial charge on any atom is 0.137 e. The summed E-state index contributed by atoms with van der Waals surface area (Å²) in [6, 6.07) is 9.76. The van der Waals surface area contributed by atoms with Crippen molar-refractivity contribution in [2.45, 2.75) is 30.1 Å². The maximum atomic E-state index is 14.5. The van der Waals surface area contributed by atoms with E-state index in [1.54, 1.807) is 24.7 Å². The Morgan fingerprint density at radius 2 is 2.07 bits per heavy atom. The number of hydrogen-bond acceptors (Lipinski definition) is 4. The number of benzene rings is 1. The summed E-state index contributed by atoms with van der Waals surface area (Å²) in [5.41, 5.74) is 3.83. The van der Waals surface area contributed by atoms with Crippen LogP contribution >= 0.6 is 11.8 Å². The molecule has 146 valence electrons. The molecule has 3 aromatic rings. The molecular formula is C22H24FN3OS. The molecule has 3 heterocycles. The number of aromatic amines is 1. The minimum absolute atomic E-state index is 0.110.